The van der Waals surface area contributed by atoms with Crippen LogP contribution < -0.4 is 0 Å². The first-order valence-electron chi connectivity index (χ1n) is 4.50. The van der Waals surface area contributed by atoms with Gasteiger partial charge in [-0.15, -0.1) is 11.8 Å². The average molecular weight is 196 g/mol. The Morgan fingerprint density at radius 3 is 2.85 bits per heavy atom. The normalized spacial score (nSPS) is 22.1. The van der Waals surface area contributed by atoms with Crippen LogP contribution in [-0.4, -0.2) is 12.0 Å². The Hall–Kier alpha value is -0.500. The van der Waals surface area contributed by atoms with Gasteiger partial charge < -0.3 is 0 Å². The van der Waals surface area contributed by atoms with E-state index in [9.17, 15) is 4.79 Å². The van der Waals surface area contributed by atoms with E-state index in [4.69, 9.17) is 0 Å². The smallest absolute Gasteiger partial charge is 0.162 e. The summed E-state index contributed by atoms with van der Waals surface area (Å²) in [6, 6.07) is 0. The third-order valence-electron chi connectivity index (χ3n) is 2.25. The molecule has 0 N–H and O–H groups in total. The lowest BCUT2D eigenvalue weighted by atomic mass is 9.79. The molecule has 0 aromatic rings. The number of hydrogen-bond donors (Lipinski definition) is 0. The third-order valence-corrected chi connectivity index (χ3v) is 2.66. The monoisotopic (exact) mass is 196 g/mol. The van der Waals surface area contributed by atoms with Crippen molar-refractivity contribution >= 4 is 17.5 Å². The summed E-state index contributed by atoms with van der Waals surface area (Å²) in [4.78, 5) is 11.5. The van der Waals surface area contributed by atoms with Crippen molar-refractivity contribution in [3.05, 3.63) is 23.1 Å². The van der Waals surface area contributed by atoms with Crippen LogP contribution in [0, 0.1) is 5.41 Å². The molecule has 0 saturated carbocycles. The van der Waals surface area contributed by atoms with Gasteiger partial charge in [0.1, 0.15) is 0 Å². The fraction of sp³-hybridized carbons (Fsp3) is 0.545. The number of Topliss-reactive ketones (excluding diaryl/α,β-unsaturated/α-hetero) is 1. The second-order valence-electron chi connectivity index (χ2n) is 4.05. The van der Waals surface area contributed by atoms with E-state index in [1.54, 1.807) is 11.8 Å². The van der Waals surface area contributed by atoms with Gasteiger partial charge >= 0.3 is 0 Å². The number of hydrogen-bond acceptors (Lipinski definition) is 2. The summed E-state index contributed by atoms with van der Waals surface area (Å²) in [5.74, 6) is 0.282. The summed E-state index contributed by atoms with van der Waals surface area (Å²) in [5, 5.41) is 1.96. The Morgan fingerprint density at radius 2 is 2.23 bits per heavy atom. The first-order chi connectivity index (χ1) is 6.05. The van der Waals surface area contributed by atoms with Crippen molar-refractivity contribution in [3.8, 4) is 0 Å². The predicted octanol–water partition coefficient (Wildman–Crippen LogP) is 3.18. The van der Waals surface area contributed by atoms with E-state index in [2.05, 4.69) is 19.9 Å². The van der Waals surface area contributed by atoms with Crippen molar-refractivity contribution < 1.29 is 4.79 Å². The number of allylic oxidation sites excluding steroid dienone is 3. The molecule has 0 unspecified atom stereocenters. The van der Waals surface area contributed by atoms with Gasteiger partial charge in [-0.2, -0.15) is 0 Å². The van der Waals surface area contributed by atoms with Gasteiger partial charge in [0, 0.05) is 12.0 Å². The van der Waals surface area contributed by atoms with Crippen molar-refractivity contribution in [1.29, 1.82) is 0 Å². The van der Waals surface area contributed by atoms with Crippen molar-refractivity contribution in [2.45, 2.75) is 26.7 Å². The van der Waals surface area contributed by atoms with E-state index in [0.717, 1.165) is 12.0 Å². The van der Waals surface area contributed by atoms with Crippen LogP contribution in [0.1, 0.15) is 26.7 Å². The standard InChI is InChI=1S/C11H16OS/c1-11(2)6-4-10(12)9(8-11)5-7-13-3/h5,7-8H,4,6H2,1-3H3/b7-5-. The Kier molecular flexibility index (Phi) is 3.37. The fourth-order valence-corrected chi connectivity index (χ4v) is 1.72. The molecule has 0 aliphatic heterocycles. The predicted molar refractivity (Wildman–Crippen MR) is 58.8 cm³/mol. The van der Waals surface area contributed by atoms with Crippen molar-refractivity contribution in [3.63, 3.8) is 0 Å². The molecule has 0 spiro atoms. The lowest BCUT2D eigenvalue weighted by Crippen LogP contribution is -2.18. The van der Waals surface area contributed by atoms with Gasteiger partial charge in [0.2, 0.25) is 0 Å². The first-order valence-corrected chi connectivity index (χ1v) is 5.79. The minimum absolute atomic E-state index is 0.186. The lowest BCUT2D eigenvalue weighted by molar-refractivity contribution is -0.116. The molecule has 2 heteroatoms. The molecule has 0 bridgehead atoms. The largest absolute Gasteiger partial charge is 0.294 e. The summed E-state index contributed by atoms with van der Waals surface area (Å²) >= 11 is 1.62. The average Bonchev–Trinajstić information content (AvgIpc) is 2.07. The number of thioether (sulfide) groups is 1. The third kappa shape index (κ3) is 3.03. The van der Waals surface area contributed by atoms with Crippen LogP contribution in [0.3, 0.4) is 0 Å². The van der Waals surface area contributed by atoms with E-state index in [-0.39, 0.29) is 11.2 Å². The molecule has 0 atom stereocenters. The van der Waals surface area contributed by atoms with E-state index >= 15 is 0 Å². The molecular weight excluding hydrogens is 180 g/mol. The Labute approximate surface area is 84.3 Å². The highest BCUT2D eigenvalue weighted by Crippen LogP contribution is 2.31. The Balaban J connectivity index is 2.84. The zero-order valence-electron chi connectivity index (χ0n) is 8.46. The van der Waals surface area contributed by atoms with Gasteiger partial charge in [0.05, 0.1) is 0 Å². The van der Waals surface area contributed by atoms with Gasteiger partial charge in [-0.3, -0.25) is 4.79 Å². The minimum atomic E-state index is 0.186. The summed E-state index contributed by atoms with van der Waals surface area (Å²) in [5.41, 5.74) is 1.07. The maximum Gasteiger partial charge on any atom is 0.162 e. The van der Waals surface area contributed by atoms with Crippen molar-refractivity contribution in [1.82, 2.24) is 0 Å². The highest BCUT2D eigenvalue weighted by Gasteiger charge is 2.24. The van der Waals surface area contributed by atoms with Crippen LogP contribution in [0.15, 0.2) is 23.1 Å². The second-order valence-corrected chi connectivity index (χ2v) is 4.79. The Bertz CT molecular complexity index is 261. The van der Waals surface area contributed by atoms with Gasteiger partial charge in [-0.1, -0.05) is 19.9 Å². The van der Waals surface area contributed by atoms with E-state index in [1.165, 1.54) is 0 Å². The minimum Gasteiger partial charge on any atom is -0.294 e. The van der Waals surface area contributed by atoms with Gasteiger partial charge in [-0.25, -0.2) is 0 Å². The van der Waals surface area contributed by atoms with Gasteiger partial charge in [0.15, 0.2) is 5.78 Å². The molecule has 0 heterocycles. The van der Waals surface area contributed by atoms with Crippen LogP contribution in [0.2, 0.25) is 0 Å². The molecule has 1 aliphatic carbocycles. The molecule has 0 radical (unpaired) electrons. The highest BCUT2D eigenvalue weighted by atomic mass is 32.2. The zero-order valence-corrected chi connectivity index (χ0v) is 9.28. The fourth-order valence-electron chi connectivity index (χ4n) is 1.44. The first kappa shape index (κ1) is 10.6. The molecule has 13 heavy (non-hydrogen) atoms. The molecule has 0 amide bonds. The zero-order chi connectivity index (χ0) is 9.90. The maximum absolute atomic E-state index is 11.5. The van der Waals surface area contributed by atoms with Crippen LogP contribution in [0.25, 0.3) is 0 Å². The molecule has 0 saturated heterocycles. The van der Waals surface area contributed by atoms with Gasteiger partial charge in [-0.05, 0) is 29.6 Å². The number of ketones is 1. The van der Waals surface area contributed by atoms with Crippen molar-refractivity contribution in [2.75, 3.05) is 6.26 Å². The molecule has 0 aromatic heterocycles. The Morgan fingerprint density at radius 1 is 1.54 bits per heavy atom. The molecule has 0 fully saturated rings. The summed E-state index contributed by atoms with van der Waals surface area (Å²) < 4.78 is 0. The SMILES string of the molecule is CS/C=C\C1=CC(C)(C)CCC1=O. The number of carbonyl (C=O) groups excluding carboxylic acids is 1. The van der Waals surface area contributed by atoms with Crippen LogP contribution in [-0.2, 0) is 4.79 Å². The van der Waals surface area contributed by atoms with E-state index in [1.807, 2.05) is 17.7 Å². The lowest BCUT2D eigenvalue weighted by Gasteiger charge is -2.25. The van der Waals surface area contributed by atoms with Crippen LogP contribution >= 0.6 is 11.8 Å². The quantitative estimate of drug-likeness (QED) is 0.674. The summed E-state index contributed by atoms with van der Waals surface area (Å²) in [7, 11) is 0. The topological polar surface area (TPSA) is 17.1 Å². The molecule has 1 nitrogen and oxygen atoms in total. The molecule has 72 valence electrons. The van der Waals surface area contributed by atoms with E-state index < -0.39 is 0 Å². The number of rotatable bonds is 2. The number of carbonyl (C=O) groups is 1. The summed E-state index contributed by atoms with van der Waals surface area (Å²) in [6.45, 7) is 4.35. The molecule has 1 rings (SSSR count). The van der Waals surface area contributed by atoms with Crippen molar-refractivity contribution in [2.24, 2.45) is 5.41 Å². The highest BCUT2D eigenvalue weighted by molar-refractivity contribution is 8.01. The van der Waals surface area contributed by atoms with Crippen LogP contribution in [0.4, 0.5) is 0 Å². The molecular formula is C11H16OS. The maximum atomic E-state index is 11.5. The second kappa shape index (κ2) is 4.14. The molecule has 1 aliphatic rings. The summed E-state index contributed by atoms with van der Waals surface area (Å²) in [6.07, 6.45) is 7.68. The molecule has 0 aromatic carbocycles. The van der Waals surface area contributed by atoms with Crippen LogP contribution in [0.5, 0.6) is 0 Å². The van der Waals surface area contributed by atoms with Gasteiger partial charge in [0.25, 0.3) is 0 Å². The van der Waals surface area contributed by atoms with E-state index in [0.29, 0.717) is 6.42 Å².